The van der Waals surface area contributed by atoms with Crippen LogP contribution in [0, 0.1) is 0 Å². The second kappa shape index (κ2) is 13.0. The van der Waals surface area contributed by atoms with Gasteiger partial charge in [0.05, 0.1) is 0 Å². The summed E-state index contributed by atoms with van der Waals surface area (Å²) >= 11 is 0. The highest BCUT2D eigenvalue weighted by atomic mass is 16.3. The summed E-state index contributed by atoms with van der Waals surface area (Å²) in [6, 6.07) is 66.1. The lowest BCUT2D eigenvalue weighted by Gasteiger charge is -2.35. The van der Waals surface area contributed by atoms with Gasteiger partial charge in [-0.3, -0.25) is 0 Å². The summed E-state index contributed by atoms with van der Waals surface area (Å²) in [5.41, 5.74) is 22.1. The molecule has 1 nitrogen and oxygen atoms in total. The quantitative estimate of drug-likeness (QED) is 0.159. The molecule has 1 heteroatoms. The Kier molecular flexibility index (Phi) is 7.64. The highest BCUT2D eigenvalue weighted by Gasteiger charge is 2.44. The van der Waals surface area contributed by atoms with Gasteiger partial charge >= 0.3 is 0 Å². The van der Waals surface area contributed by atoms with Gasteiger partial charge in [0.2, 0.25) is 0 Å². The van der Waals surface area contributed by atoms with E-state index in [0.29, 0.717) is 0 Å². The molecule has 1 fully saturated rings. The third kappa shape index (κ3) is 5.23. The lowest BCUT2D eigenvalue weighted by molar-refractivity contribution is 0.353. The summed E-state index contributed by atoms with van der Waals surface area (Å²) in [6.07, 6.45) is 6.36. The Hall–Kier alpha value is -6.44. The van der Waals surface area contributed by atoms with Crippen LogP contribution in [0.25, 0.3) is 66.4 Å². The van der Waals surface area contributed by atoms with Crippen LogP contribution < -0.4 is 0 Å². The lowest BCUT2D eigenvalue weighted by atomic mass is 9.68. The van der Waals surface area contributed by atoms with Gasteiger partial charge in [-0.2, -0.15) is 0 Å². The maximum Gasteiger partial charge on any atom is 0.135 e. The highest BCUT2D eigenvalue weighted by molar-refractivity contribution is 6.09. The maximum absolute atomic E-state index is 6.65. The van der Waals surface area contributed by atoms with Crippen LogP contribution in [0.3, 0.4) is 0 Å². The normalized spacial score (nSPS) is 16.2. The molecular formula is C58H46O. The molecule has 1 unspecified atom stereocenters. The van der Waals surface area contributed by atoms with Gasteiger partial charge < -0.3 is 4.42 Å². The van der Waals surface area contributed by atoms with Gasteiger partial charge in [0.1, 0.15) is 11.2 Å². The van der Waals surface area contributed by atoms with Crippen molar-refractivity contribution in [1.29, 1.82) is 0 Å². The van der Waals surface area contributed by atoms with Gasteiger partial charge in [0.25, 0.3) is 0 Å². The molecule has 0 bridgehead atoms. The number of hydrogen-bond acceptors (Lipinski definition) is 1. The van der Waals surface area contributed by atoms with E-state index in [1.54, 1.807) is 0 Å². The maximum atomic E-state index is 6.65. The van der Waals surface area contributed by atoms with Crippen LogP contribution in [0.2, 0.25) is 0 Å². The highest BCUT2D eigenvalue weighted by Crippen LogP contribution is 2.57. The first-order valence-electron chi connectivity index (χ1n) is 21.6. The van der Waals surface area contributed by atoms with E-state index in [0.717, 1.165) is 11.2 Å². The average Bonchev–Trinajstić information content (AvgIpc) is 3.86. The van der Waals surface area contributed by atoms with E-state index in [9.17, 15) is 0 Å². The van der Waals surface area contributed by atoms with Crippen molar-refractivity contribution in [3.8, 4) is 44.5 Å². The molecule has 1 heterocycles. The Balaban J connectivity index is 0.939. The Morgan fingerprint density at radius 3 is 1.68 bits per heavy atom. The molecule has 0 saturated heterocycles. The van der Waals surface area contributed by atoms with Crippen molar-refractivity contribution in [3.05, 3.63) is 215 Å². The Bertz CT molecular complexity index is 3080. The average molecular weight is 759 g/mol. The van der Waals surface area contributed by atoms with Crippen LogP contribution in [0.4, 0.5) is 0 Å². The van der Waals surface area contributed by atoms with Crippen molar-refractivity contribution in [2.75, 3.05) is 0 Å². The first-order chi connectivity index (χ1) is 29.0. The summed E-state index contributed by atoms with van der Waals surface area (Å²) in [6.45, 7) is 4.75. The van der Waals surface area contributed by atoms with Crippen LogP contribution in [0.5, 0.6) is 0 Å². The molecule has 0 aliphatic heterocycles. The number of furan rings is 1. The minimum Gasteiger partial charge on any atom is -0.456 e. The van der Waals surface area contributed by atoms with E-state index in [2.05, 4.69) is 190 Å². The third-order valence-corrected chi connectivity index (χ3v) is 14.4. The topological polar surface area (TPSA) is 13.1 Å². The van der Waals surface area contributed by atoms with Gasteiger partial charge in [-0.05, 0) is 121 Å². The van der Waals surface area contributed by atoms with Gasteiger partial charge in [0, 0.05) is 27.5 Å². The van der Waals surface area contributed by atoms with Gasteiger partial charge in [-0.25, -0.2) is 0 Å². The zero-order valence-electron chi connectivity index (χ0n) is 33.8. The fourth-order valence-electron chi connectivity index (χ4n) is 11.4. The number of hydrogen-bond donors (Lipinski definition) is 0. The molecule has 0 amide bonds. The predicted octanol–water partition coefficient (Wildman–Crippen LogP) is 15.6. The molecular weight excluding hydrogens is 713 g/mol. The molecule has 8 aromatic carbocycles. The molecule has 9 aromatic rings. The zero-order valence-corrected chi connectivity index (χ0v) is 33.8. The number of rotatable bonds is 5. The van der Waals surface area contributed by atoms with Crippen molar-refractivity contribution in [3.63, 3.8) is 0 Å². The van der Waals surface area contributed by atoms with E-state index in [4.69, 9.17) is 4.42 Å². The largest absolute Gasteiger partial charge is 0.456 e. The summed E-state index contributed by atoms with van der Waals surface area (Å²) in [5.74, 6) is 0.0800. The summed E-state index contributed by atoms with van der Waals surface area (Å²) < 4.78 is 6.65. The molecule has 284 valence electrons. The SMILES string of the molecule is CC1(C)c2ccccc2-c2ccc(C(c3ccc(-c4ccccc4)cc3)c3ccc(-c4ccc5oc6cc7c(cc6c5c4)-c4ccccc4C74CCCCC4)cc3)cc21. The van der Waals surface area contributed by atoms with Crippen LogP contribution in [-0.4, -0.2) is 0 Å². The standard InChI is InChI=1S/C58H46O/c1-57(2)50-17-9-7-15-44(50)46-29-27-43(34-52(46)57)56(40-23-19-38(20-24-40)37-13-5-3-6-14-37)41-25-21-39(22-26-41)42-28-30-54-48(33-42)49-35-47-45-16-8-10-18-51(45)58(31-11-4-12-32-58)53(47)36-55(49)59-54/h3,5-10,13-30,33-36,56H,4,11-12,31-32H2,1-2H3. The van der Waals surface area contributed by atoms with Gasteiger partial charge in [-0.15, -0.1) is 0 Å². The fraction of sp³-hybridized carbons (Fsp3) is 0.172. The van der Waals surface area contributed by atoms with Crippen molar-refractivity contribution < 1.29 is 4.42 Å². The van der Waals surface area contributed by atoms with Gasteiger partial charge in [-0.1, -0.05) is 185 Å². The van der Waals surface area contributed by atoms with E-state index < -0.39 is 0 Å². The van der Waals surface area contributed by atoms with Crippen LogP contribution in [-0.2, 0) is 10.8 Å². The minimum atomic E-state index is -0.0653. The molecule has 1 atom stereocenters. The first kappa shape index (κ1) is 34.6. The lowest BCUT2D eigenvalue weighted by Crippen LogP contribution is -2.27. The fourth-order valence-corrected chi connectivity index (χ4v) is 11.4. The molecule has 1 aromatic heterocycles. The zero-order chi connectivity index (χ0) is 39.3. The summed E-state index contributed by atoms with van der Waals surface area (Å²) in [4.78, 5) is 0. The first-order valence-corrected chi connectivity index (χ1v) is 21.6. The van der Waals surface area contributed by atoms with Crippen molar-refractivity contribution >= 4 is 21.9 Å². The Morgan fingerprint density at radius 2 is 0.949 bits per heavy atom. The molecule has 0 N–H and O–H groups in total. The predicted molar refractivity (Wildman–Crippen MR) is 245 cm³/mol. The Labute approximate surface area is 347 Å². The smallest absolute Gasteiger partial charge is 0.135 e. The molecule has 3 aliphatic carbocycles. The van der Waals surface area contributed by atoms with E-state index in [1.807, 2.05) is 0 Å². The van der Waals surface area contributed by atoms with E-state index in [1.165, 1.54) is 126 Å². The molecule has 3 aliphatic rings. The molecule has 12 rings (SSSR count). The van der Waals surface area contributed by atoms with Crippen molar-refractivity contribution in [2.24, 2.45) is 0 Å². The second-order valence-electron chi connectivity index (χ2n) is 17.9. The molecule has 1 spiro atoms. The van der Waals surface area contributed by atoms with Crippen LogP contribution in [0.1, 0.15) is 90.8 Å². The minimum absolute atomic E-state index is 0.0653. The third-order valence-electron chi connectivity index (χ3n) is 14.4. The second-order valence-corrected chi connectivity index (χ2v) is 17.9. The monoisotopic (exact) mass is 758 g/mol. The number of benzene rings is 8. The molecule has 59 heavy (non-hydrogen) atoms. The van der Waals surface area contributed by atoms with Gasteiger partial charge in [0.15, 0.2) is 0 Å². The molecule has 0 radical (unpaired) electrons. The summed E-state index contributed by atoms with van der Waals surface area (Å²) in [7, 11) is 0. The Morgan fingerprint density at radius 1 is 0.390 bits per heavy atom. The van der Waals surface area contributed by atoms with Crippen molar-refractivity contribution in [1.82, 2.24) is 0 Å². The van der Waals surface area contributed by atoms with E-state index >= 15 is 0 Å². The van der Waals surface area contributed by atoms with E-state index in [-0.39, 0.29) is 16.7 Å². The van der Waals surface area contributed by atoms with Crippen LogP contribution in [0.15, 0.2) is 180 Å². The van der Waals surface area contributed by atoms with Crippen LogP contribution >= 0.6 is 0 Å². The number of fused-ring (bicyclic) bond motifs is 11. The van der Waals surface area contributed by atoms with Crippen molar-refractivity contribution in [2.45, 2.75) is 62.7 Å². The molecule has 1 saturated carbocycles. The summed E-state index contributed by atoms with van der Waals surface area (Å²) in [5, 5.41) is 2.39.